The van der Waals surface area contributed by atoms with Crippen LogP contribution >= 0.6 is 0 Å². The van der Waals surface area contributed by atoms with E-state index in [2.05, 4.69) is 19.1 Å². The van der Waals surface area contributed by atoms with Crippen LogP contribution in [0.15, 0.2) is 54.6 Å². The molecule has 0 radical (unpaired) electrons. The van der Waals surface area contributed by atoms with Gasteiger partial charge in [0, 0.05) is 37.7 Å². The van der Waals surface area contributed by atoms with Crippen LogP contribution in [0.3, 0.4) is 0 Å². The van der Waals surface area contributed by atoms with Gasteiger partial charge in [0.25, 0.3) is 5.91 Å². The van der Waals surface area contributed by atoms with Crippen molar-refractivity contribution in [2.75, 3.05) is 32.8 Å². The minimum atomic E-state index is -0.0726. The molecule has 2 aliphatic rings. The van der Waals surface area contributed by atoms with Gasteiger partial charge in [-0.25, -0.2) is 0 Å². The van der Waals surface area contributed by atoms with Crippen LogP contribution in [0.4, 0.5) is 0 Å². The first kappa shape index (κ1) is 22.4. The molecule has 2 amide bonds. The van der Waals surface area contributed by atoms with Crippen LogP contribution in [-0.4, -0.2) is 54.4 Å². The van der Waals surface area contributed by atoms with Crippen molar-refractivity contribution in [1.29, 1.82) is 0 Å². The quantitative estimate of drug-likeness (QED) is 0.633. The second-order valence-corrected chi connectivity index (χ2v) is 9.00. The van der Waals surface area contributed by atoms with Crippen LogP contribution in [0.2, 0.25) is 0 Å². The number of nitrogens with zero attached hydrogens (tertiary/aromatic N) is 2. The third-order valence-electron chi connectivity index (χ3n) is 6.72. The molecular formula is C27H34N2O3. The summed E-state index contributed by atoms with van der Waals surface area (Å²) in [6, 6.07) is 17.6. The van der Waals surface area contributed by atoms with Crippen LogP contribution in [0.5, 0.6) is 5.75 Å². The lowest BCUT2D eigenvalue weighted by atomic mass is 9.92. The lowest BCUT2D eigenvalue weighted by Crippen LogP contribution is -2.43. The van der Waals surface area contributed by atoms with Gasteiger partial charge in [-0.15, -0.1) is 0 Å². The Hall–Kier alpha value is -2.82. The van der Waals surface area contributed by atoms with E-state index in [0.717, 1.165) is 75.2 Å². The summed E-state index contributed by atoms with van der Waals surface area (Å²) in [4.78, 5) is 29.6. The average molecular weight is 435 g/mol. The van der Waals surface area contributed by atoms with E-state index < -0.39 is 0 Å². The van der Waals surface area contributed by atoms with E-state index in [1.165, 1.54) is 0 Å². The van der Waals surface area contributed by atoms with E-state index in [1.807, 2.05) is 52.3 Å². The Morgan fingerprint density at radius 2 is 1.62 bits per heavy atom. The van der Waals surface area contributed by atoms with Crippen molar-refractivity contribution in [3.63, 3.8) is 0 Å². The molecule has 0 spiro atoms. The molecule has 5 heteroatoms. The number of benzene rings is 2. The molecule has 2 atom stereocenters. The highest BCUT2D eigenvalue weighted by atomic mass is 16.5. The first-order valence-electron chi connectivity index (χ1n) is 12.0. The van der Waals surface area contributed by atoms with E-state index in [-0.39, 0.29) is 17.7 Å². The number of ether oxygens (including phenoxy) is 1. The lowest BCUT2D eigenvalue weighted by Gasteiger charge is -2.35. The van der Waals surface area contributed by atoms with Crippen molar-refractivity contribution in [3.05, 3.63) is 65.7 Å². The summed E-state index contributed by atoms with van der Waals surface area (Å²) in [6.45, 7) is 5.96. The van der Waals surface area contributed by atoms with E-state index in [4.69, 9.17) is 4.74 Å². The molecule has 2 aromatic carbocycles. The molecule has 32 heavy (non-hydrogen) atoms. The van der Waals surface area contributed by atoms with Crippen molar-refractivity contribution in [2.45, 2.75) is 44.9 Å². The zero-order valence-corrected chi connectivity index (χ0v) is 19.0. The van der Waals surface area contributed by atoms with Crippen molar-refractivity contribution < 1.29 is 14.3 Å². The molecule has 0 N–H and O–H groups in total. The largest absolute Gasteiger partial charge is 0.493 e. The molecule has 5 nitrogen and oxygen atoms in total. The summed E-state index contributed by atoms with van der Waals surface area (Å²) in [6.07, 6.45) is 5.07. The zero-order chi connectivity index (χ0) is 22.3. The molecule has 0 unspecified atom stereocenters. The average Bonchev–Trinajstić information content (AvgIpc) is 3.39. The van der Waals surface area contributed by atoms with Gasteiger partial charge in [-0.1, -0.05) is 37.3 Å². The molecule has 4 rings (SSSR count). The summed E-state index contributed by atoms with van der Waals surface area (Å²) in [5.74, 6) is 1.37. The Morgan fingerprint density at radius 3 is 2.31 bits per heavy atom. The number of carbonyl (C=O) groups excluding carboxylic acids is 2. The first-order chi connectivity index (χ1) is 15.7. The van der Waals surface area contributed by atoms with Crippen molar-refractivity contribution in [1.82, 2.24) is 9.80 Å². The maximum atomic E-state index is 13.2. The summed E-state index contributed by atoms with van der Waals surface area (Å²) < 4.78 is 6.04. The van der Waals surface area contributed by atoms with Crippen LogP contribution in [0.25, 0.3) is 0 Å². The Labute approximate surface area is 191 Å². The normalized spacial score (nSPS) is 19.6. The molecule has 2 saturated heterocycles. The first-order valence-corrected chi connectivity index (χ1v) is 12.0. The van der Waals surface area contributed by atoms with Crippen LogP contribution in [-0.2, 0) is 4.79 Å². The van der Waals surface area contributed by atoms with E-state index in [9.17, 15) is 9.59 Å². The smallest absolute Gasteiger partial charge is 0.253 e. The van der Waals surface area contributed by atoms with Crippen molar-refractivity contribution in [2.24, 2.45) is 5.92 Å². The summed E-state index contributed by atoms with van der Waals surface area (Å²) >= 11 is 0. The molecule has 2 aliphatic heterocycles. The zero-order valence-electron chi connectivity index (χ0n) is 19.0. The fourth-order valence-corrected chi connectivity index (χ4v) is 4.87. The summed E-state index contributed by atoms with van der Waals surface area (Å²) in [7, 11) is 0. The van der Waals surface area contributed by atoms with E-state index in [1.54, 1.807) is 0 Å². The highest BCUT2D eigenvalue weighted by Crippen LogP contribution is 2.26. The Balaban J connectivity index is 1.30. The SMILES string of the molecule is CC[C@H](C(=O)N1CCC[C@@H](COc2ccc(C(=O)N3CCCC3)cc2)C1)c1ccccc1. The number of hydrogen-bond donors (Lipinski definition) is 0. The third kappa shape index (κ3) is 5.32. The standard InChI is InChI=1S/C27H34N2O3/c1-2-25(22-10-4-3-5-11-22)27(31)29-18-8-9-21(19-29)20-32-24-14-12-23(13-15-24)26(30)28-16-6-7-17-28/h3-5,10-15,21,25H,2,6-9,16-20H2,1H3/t21-,25+/m1/s1. The molecular weight excluding hydrogens is 400 g/mol. The fourth-order valence-electron chi connectivity index (χ4n) is 4.87. The topological polar surface area (TPSA) is 49.9 Å². The van der Waals surface area contributed by atoms with Crippen LogP contribution in [0.1, 0.15) is 60.9 Å². The second-order valence-electron chi connectivity index (χ2n) is 9.00. The molecule has 0 aromatic heterocycles. The molecule has 0 saturated carbocycles. The van der Waals surface area contributed by atoms with Crippen molar-refractivity contribution >= 4 is 11.8 Å². The number of hydrogen-bond acceptors (Lipinski definition) is 3. The van der Waals surface area contributed by atoms with E-state index in [0.29, 0.717) is 12.5 Å². The predicted octanol–water partition coefficient (Wildman–Crippen LogP) is 4.73. The van der Waals surface area contributed by atoms with Gasteiger partial charge in [0.15, 0.2) is 0 Å². The van der Waals surface area contributed by atoms with Gasteiger partial charge in [0.2, 0.25) is 5.91 Å². The minimum absolute atomic E-state index is 0.0726. The molecule has 2 fully saturated rings. The second kappa shape index (κ2) is 10.7. The maximum absolute atomic E-state index is 13.2. The summed E-state index contributed by atoms with van der Waals surface area (Å²) in [5.41, 5.74) is 1.82. The van der Waals surface area contributed by atoms with E-state index >= 15 is 0 Å². The molecule has 0 aliphatic carbocycles. The molecule has 2 aromatic rings. The van der Waals surface area contributed by atoms with Gasteiger partial charge in [-0.2, -0.15) is 0 Å². The van der Waals surface area contributed by atoms with Gasteiger partial charge in [-0.05, 0) is 61.9 Å². The highest BCUT2D eigenvalue weighted by molar-refractivity contribution is 5.94. The predicted molar refractivity (Wildman–Crippen MR) is 126 cm³/mol. The number of amides is 2. The van der Waals surface area contributed by atoms with Gasteiger partial charge in [0.05, 0.1) is 12.5 Å². The lowest BCUT2D eigenvalue weighted by molar-refractivity contribution is -0.135. The Kier molecular flexibility index (Phi) is 7.46. The number of rotatable bonds is 7. The van der Waals surface area contributed by atoms with Gasteiger partial charge < -0.3 is 14.5 Å². The number of carbonyl (C=O) groups is 2. The molecule has 2 heterocycles. The molecule has 170 valence electrons. The van der Waals surface area contributed by atoms with Crippen molar-refractivity contribution in [3.8, 4) is 5.75 Å². The monoisotopic (exact) mass is 434 g/mol. The van der Waals surface area contributed by atoms with Gasteiger partial charge in [-0.3, -0.25) is 9.59 Å². The van der Waals surface area contributed by atoms with Gasteiger partial charge in [0.1, 0.15) is 5.75 Å². The molecule has 0 bridgehead atoms. The van der Waals surface area contributed by atoms with Crippen LogP contribution < -0.4 is 4.74 Å². The Bertz CT molecular complexity index is 891. The minimum Gasteiger partial charge on any atom is -0.493 e. The maximum Gasteiger partial charge on any atom is 0.253 e. The van der Waals surface area contributed by atoms with Gasteiger partial charge >= 0.3 is 0 Å². The number of likely N-dealkylation sites (tertiary alicyclic amines) is 2. The highest BCUT2D eigenvalue weighted by Gasteiger charge is 2.29. The summed E-state index contributed by atoms with van der Waals surface area (Å²) in [5, 5.41) is 0. The third-order valence-corrected chi connectivity index (χ3v) is 6.72. The fraction of sp³-hybridized carbons (Fsp3) is 0.481. The number of piperidine rings is 1. The Morgan fingerprint density at radius 1 is 0.938 bits per heavy atom. The van der Waals surface area contributed by atoms with Crippen LogP contribution in [0, 0.1) is 5.92 Å².